The van der Waals surface area contributed by atoms with Gasteiger partial charge >= 0.3 is 0 Å². The van der Waals surface area contributed by atoms with Crippen LogP contribution in [0.4, 0.5) is 5.69 Å². The van der Waals surface area contributed by atoms with Gasteiger partial charge in [0.15, 0.2) is 5.50 Å². The molecule has 4 nitrogen and oxygen atoms in total. The molecule has 0 saturated carbocycles. The average Bonchev–Trinajstić information content (AvgIpc) is 3.21. The number of carbonyl (C=O) groups is 1. The molecule has 1 aliphatic heterocycles. The zero-order valence-electron chi connectivity index (χ0n) is 17.8. The third-order valence-corrected chi connectivity index (χ3v) is 6.47. The van der Waals surface area contributed by atoms with Crippen molar-refractivity contribution in [3.8, 4) is 5.69 Å². The van der Waals surface area contributed by atoms with Crippen molar-refractivity contribution in [3.63, 3.8) is 0 Å². The Kier molecular flexibility index (Phi) is 5.73. The maximum absolute atomic E-state index is 12.5. The van der Waals surface area contributed by atoms with Crippen molar-refractivity contribution in [1.29, 1.82) is 0 Å². The molecule has 1 aliphatic rings. The minimum atomic E-state index is -0.170. The Morgan fingerprint density at radius 1 is 1.07 bits per heavy atom. The van der Waals surface area contributed by atoms with E-state index in [-0.39, 0.29) is 11.4 Å². The topological polar surface area (TPSA) is 46.1 Å². The summed E-state index contributed by atoms with van der Waals surface area (Å²) in [6.07, 6.45) is 3.01. The number of nitrogens with zero attached hydrogens (tertiary/aromatic N) is 1. The number of hydrogen-bond donors (Lipinski definition) is 2. The first-order valence-corrected chi connectivity index (χ1v) is 11.1. The van der Waals surface area contributed by atoms with Gasteiger partial charge in [-0.15, -0.1) is 0 Å². The summed E-state index contributed by atoms with van der Waals surface area (Å²) in [7, 11) is 0. The summed E-state index contributed by atoms with van der Waals surface area (Å²) < 4.78 is 2.23. The highest BCUT2D eigenvalue weighted by Gasteiger charge is 2.27. The van der Waals surface area contributed by atoms with Crippen LogP contribution in [0.5, 0.6) is 0 Å². The van der Waals surface area contributed by atoms with Gasteiger partial charge in [0, 0.05) is 22.8 Å². The molecular formula is C25H27N3OS. The van der Waals surface area contributed by atoms with E-state index in [9.17, 15) is 4.79 Å². The van der Waals surface area contributed by atoms with Gasteiger partial charge in [0.1, 0.15) is 0 Å². The molecule has 0 aliphatic carbocycles. The maximum atomic E-state index is 12.5. The molecule has 0 radical (unpaired) electrons. The summed E-state index contributed by atoms with van der Waals surface area (Å²) in [5, 5.41) is 6.40. The standard InChI is InChI=1S/C25H27N3OS/c1-5-19-8-10-21(11-9-19)26-25-27-24(29)23(30-25)15-20-14-17(3)28(18(20)4)22-12-6-16(2)7-13-22/h6-15,25-26H,5H2,1-4H3,(H,27,29)/b23-15+/t25-/m0/s1. The molecule has 1 atom stereocenters. The van der Waals surface area contributed by atoms with Crippen LogP contribution in [0.15, 0.2) is 59.5 Å². The van der Waals surface area contributed by atoms with Crippen molar-refractivity contribution in [2.45, 2.75) is 39.6 Å². The highest BCUT2D eigenvalue weighted by Crippen LogP contribution is 2.32. The summed E-state index contributed by atoms with van der Waals surface area (Å²) in [6.45, 7) is 8.43. The summed E-state index contributed by atoms with van der Waals surface area (Å²) in [4.78, 5) is 13.3. The maximum Gasteiger partial charge on any atom is 0.260 e. The highest BCUT2D eigenvalue weighted by molar-refractivity contribution is 8.05. The van der Waals surface area contributed by atoms with Crippen LogP contribution >= 0.6 is 11.8 Å². The third-order valence-electron chi connectivity index (χ3n) is 5.44. The number of benzene rings is 2. The first-order chi connectivity index (χ1) is 14.4. The number of hydrogen-bond acceptors (Lipinski definition) is 3. The van der Waals surface area contributed by atoms with Crippen LogP contribution in [-0.2, 0) is 11.2 Å². The Bertz CT molecular complexity index is 1090. The smallest absolute Gasteiger partial charge is 0.260 e. The van der Waals surface area contributed by atoms with Crippen LogP contribution in [0, 0.1) is 20.8 Å². The molecule has 4 rings (SSSR count). The number of nitrogens with one attached hydrogen (secondary N) is 2. The van der Waals surface area contributed by atoms with E-state index in [2.05, 4.69) is 97.5 Å². The Morgan fingerprint density at radius 3 is 2.43 bits per heavy atom. The van der Waals surface area contributed by atoms with Gasteiger partial charge in [0.2, 0.25) is 0 Å². The van der Waals surface area contributed by atoms with Crippen LogP contribution in [-0.4, -0.2) is 16.0 Å². The van der Waals surface area contributed by atoms with Crippen molar-refractivity contribution in [1.82, 2.24) is 9.88 Å². The predicted molar refractivity (Wildman–Crippen MR) is 127 cm³/mol. The van der Waals surface area contributed by atoms with Crippen LogP contribution in [0.25, 0.3) is 11.8 Å². The molecule has 2 heterocycles. The molecule has 1 amide bonds. The summed E-state index contributed by atoms with van der Waals surface area (Å²) in [5.74, 6) is -0.0391. The first kappa shape index (κ1) is 20.4. The van der Waals surface area contributed by atoms with Crippen molar-refractivity contribution in [2.24, 2.45) is 0 Å². The molecule has 5 heteroatoms. The van der Waals surface area contributed by atoms with Gasteiger partial charge in [0.05, 0.1) is 4.91 Å². The quantitative estimate of drug-likeness (QED) is 0.534. The van der Waals surface area contributed by atoms with Crippen molar-refractivity contribution in [3.05, 3.63) is 87.6 Å². The lowest BCUT2D eigenvalue weighted by Gasteiger charge is -2.12. The number of amides is 1. The average molecular weight is 418 g/mol. The molecule has 30 heavy (non-hydrogen) atoms. The molecule has 0 unspecified atom stereocenters. The molecular weight excluding hydrogens is 390 g/mol. The second kappa shape index (κ2) is 8.44. The Balaban J connectivity index is 1.54. The summed E-state index contributed by atoms with van der Waals surface area (Å²) >= 11 is 1.52. The molecule has 0 bridgehead atoms. The normalized spacial score (nSPS) is 17.4. The molecule has 1 fully saturated rings. The van der Waals surface area contributed by atoms with E-state index in [0.717, 1.165) is 39.7 Å². The van der Waals surface area contributed by atoms with Gasteiger partial charge in [-0.1, -0.05) is 48.5 Å². The zero-order valence-corrected chi connectivity index (χ0v) is 18.6. The molecule has 2 aromatic carbocycles. The van der Waals surface area contributed by atoms with E-state index in [1.807, 2.05) is 6.08 Å². The first-order valence-electron chi connectivity index (χ1n) is 10.3. The number of thioether (sulfide) groups is 1. The van der Waals surface area contributed by atoms with Crippen molar-refractivity contribution in [2.75, 3.05) is 5.32 Å². The van der Waals surface area contributed by atoms with Crippen LogP contribution < -0.4 is 10.6 Å². The predicted octanol–water partition coefficient (Wildman–Crippen LogP) is 5.56. The van der Waals surface area contributed by atoms with E-state index < -0.39 is 0 Å². The Labute approximate surface area is 182 Å². The Morgan fingerprint density at radius 2 is 1.77 bits per heavy atom. The fourth-order valence-corrected chi connectivity index (χ4v) is 4.70. The molecule has 2 N–H and O–H groups in total. The molecule has 0 spiro atoms. The van der Waals surface area contributed by atoms with Gasteiger partial charge in [-0.2, -0.15) is 0 Å². The summed E-state index contributed by atoms with van der Waals surface area (Å²) in [6, 6.07) is 19.0. The molecule has 1 aromatic heterocycles. The van der Waals surface area contributed by atoms with Crippen LogP contribution in [0.1, 0.15) is 35.0 Å². The SMILES string of the molecule is CCc1ccc(N[C@H]2NC(=O)/C(=C\c3cc(C)n(-c4ccc(C)cc4)c3C)S2)cc1. The number of carbonyl (C=O) groups excluding carboxylic acids is 1. The molecule has 3 aromatic rings. The van der Waals surface area contributed by atoms with Crippen LogP contribution in [0.3, 0.4) is 0 Å². The van der Waals surface area contributed by atoms with Gasteiger partial charge in [0.25, 0.3) is 5.91 Å². The largest absolute Gasteiger partial charge is 0.357 e. The number of aryl methyl sites for hydroxylation is 3. The number of anilines is 1. The zero-order chi connectivity index (χ0) is 21.3. The van der Waals surface area contributed by atoms with E-state index in [1.54, 1.807) is 0 Å². The fraction of sp³-hybridized carbons (Fsp3) is 0.240. The van der Waals surface area contributed by atoms with Crippen molar-refractivity contribution >= 4 is 29.4 Å². The molecule has 1 saturated heterocycles. The van der Waals surface area contributed by atoms with E-state index >= 15 is 0 Å². The monoisotopic (exact) mass is 417 g/mol. The van der Waals surface area contributed by atoms with Gasteiger partial charge in [-0.25, -0.2) is 0 Å². The van der Waals surface area contributed by atoms with E-state index in [1.165, 1.54) is 22.9 Å². The third kappa shape index (κ3) is 4.17. The lowest BCUT2D eigenvalue weighted by Crippen LogP contribution is -2.30. The fourth-order valence-electron chi connectivity index (χ4n) is 3.72. The van der Waals surface area contributed by atoms with Gasteiger partial charge in [-0.3, -0.25) is 4.79 Å². The second-order valence-corrected chi connectivity index (χ2v) is 8.82. The van der Waals surface area contributed by atoms with E-state index in [4.69, 9.17) is 0 Å². The van der Waals surface area contributed by atoms with Gasteiger partial charge < -0.3 is 15.2 Å². The number of rotatable bonds is 5. The highest BCUT2D eigenvalue weighted by atomic mass is 32.2. The van der Waals surface area contributed by atoms with E-state index in [0.29, 0.717) is 0 Å². The lowest BCUT2D eigenvalue weighted by molar-refractivity contribution is -0.116. The number of aromatic nitrogens is 1. The van der Waals surface area contributed by atoms with Crippen molar-refractivity contribution < 1.29 is 4.79 Å². The van der Waals surface area contributed by atoms with Crippen LogP contribution in [0.2, 0.25) is 0 Å². The minimum Gasteiger partial charge on any atom is -0.357 e. The lowest BCUT2D eigenvalue weighted by atomic mass is 10.1. The molecule has 154 valence electrons. The minimum absolute atomic E-state index is 0.0391. The van der Waals surface area contributed by atoms with Gasteiger partial charge in [-0.05, 0) is 74.7 Å². The second-order valence-electron chi connectivity index (χ2n) is 7.67. The Hall–Kier alpha value is -2.92. The summed E-state index contributed by atoms with van der Waals surface area (Å²) in [5.41, 5.74) is 7.86.